The van der Waals surface area contributed by atoms with Gasteiger partial charge in [-0.1, -0.05) is 0 Å². The number of aromatic amines is 1. The fourth-order valence-corrected chi connectivity index (χ4v) is 2.92. The van der Waals surface area contributed by atoms with E-state index in [2.05, 4.69) is 20.6 Å². The maximum atomic E-state index is 13.3. The number of allylic oxidation sites excluding steroid dienone is 1. The van der Waals surface area contributed by atoms with Crippen LogP contribution in [0, 0.1) is 31.0 Å². The summed E-state index contributed by atoms with van der Waals surface area (Å²) >= 11 is 0. The Balaban J connectivity index is 2.01. The van der Waals surface area contributed by atoms with Gasteiger partial charge in [-0.25, -0.2) is 9.37 Å². The van der Waals surface area contributed by atoms with Crippen LogP contribution in [0.5, 0.6) is 0 Å². The average molecular weight is 338 g/mol. The van der Waals surface area contributed by atoms with Gasteiger partial charge in [-0.2, -0.15) is 5.26 Å². The van der Waals surface area contributed by atoms with Gasteiger partial charge >= 0.3 is 0 Å². The van der Waals surface area contributed by atoms with Crippen molar-refractivity contribution in [1.29, 1.82) is 5.26 Å². The van der Waals surface area contributed by atoms with Gasteiger partial charge in [0.15, 0.2) is 0 Å². The van der Waals surface area contributed by atoms with E-state index < -0.39 is 0 Å². The van der Waals surface area contributed by atoms with E-state index in [4.69, 9.17) is 4.74 Å². The number of nitriles is 1. The van der Waals surface area contributed by atoms with Crippen LogP contribution in [-0.4, -0.2) is 28.3 Å². The number of aryl methyl sites for hydroxylation is 1. The van der Waals surface area contributed by atoms with Crippen molar-refractivity contribution < 1.29 is 9.13 Å². The van der Waals surface area contributed by atoms with E-state index in [-0.39, 0.29) is 5.82 Å². The molecule has 0 saturated carbocycles. The standard InChI is InChI=1S/C19H19FN4O/c1-12-8-14(13(2)24(12)6-7-25-3)9-15(11-21)19-22-17-5-4-16(20)10-18(17)23-19/h4-5,8-10H,6-7H2,1-3H3,(H,22,23)/b15-9-. The number of ether oxygens (including phenoxy) is 1. The summed E-state index contributed by atoms with van der Waals surface area (Å²) in [6, 6.07) is 8.53. The molecule has 2 aromatic heterocycles. The number of benzene rings is 1. The van der Waals surface area contributed by atoms with Crippen molar-refractivity contribution in [3.05, 3.63) is 52.9 Å². The average Bonchev–Trinajstić information content (AvgIpc) is 3.11. The van der Waals surface area contributed by atoms with Crippen LogP contribution in [0.15, 0.2) is 24.3 Å². The zero-order valence-corrected chi connectivity index (χ0v) is 14.4. The van der Waals surface area contributed by atoms with Crippen molar-refractivity contribution >= 4 is 22.7 Å². The predicted molar refractivity (Wildman–Crippen MR) is 95.3 cm³/mol. The minimum absolute atomic E-state index is 0.341. The van der Waals surface area contributed by atoms with E-state index >= 15 is 0 Å². The Morgan fingerprint density at radius 2 is 2.20 bits per heavy atom. The third-order valence-electron chi connectivity index (χ3n) is 4.25. The van der Waals surface area contributed by atoms with Crippen molar-refractivity contribution in [1.82, 2.24) is 14.5 Å². The molecule has 5 nitrogen and oxygen atoms in total. The molecule has 0 aliphatic rings. The zero-order valence-electron chi connectivity index (χ0n) is 14.4. The van der Waals surface area contributed by atoms with Crippen LogP contribution in [0.4, 0.5) is 4.39 Å². The predicted octanol–water partition coefficient (Wildman–Crippen LogP) is 3.83. The number of rotatable bonds is 5. The first-order valence-electron chi connectivity index (χ1n) is 7.96. The maximum absolute atomic E-state index is 13.3. The van der Waals surface area contributed by atoms with Gasteiger partial charge in [0.2, 0.25) is 0 Å². The van der Waals surface area contributed by atoms with Crippen molar-refractivity contribution in [3.8, 4) is 6.07 Å². The van der Waals surface area contributed by atoms with E-state index in [0.717, 1.165) is 23.5 Å². The fourth-order valence-electron chi connectivity index (χ4n) is 2.92. The lowest BCUT2D eigenvalue weighted by Gasteiger charge is -2.08. The summed E-state index contributed by atoms with van der Waals surface area (Å²) in [5.41, 5.74) is 4.72. The Bertz CT molecular complexity index is 991. The van der Waals surface area contributed by atoms with Crippen LogP contribution in [0.3, 0.4) is 0 Å². The number of hydrogen-bond acceptors (Lipinski definition) is 3. The molecule has 0 amide bonds. The number of aromatic nitrogens is 3. The molecule has 0 aliphatic carbocycles. The maximum Gasteiger partial charge on any atom is 0.149 e. The summed E-state index contributed by atoms with van der Waals surface area (Å²) in [7, 11) is 1.67. The molecule has 0 saturated heterocycles. The number of nitrogens with zero attached hydrogens (tertiary/aromatic N) is 3. The van der Waals surface area contributed by atoms with E-state index in [9.17, 15) is 9.65 Å². The quantitative estimate of drug-likeness (QED) is 0.719. The van der Waals surface area contributed by atoms with E-state index in [1.807, 2.05) is 19.9 Å². The van der Waals surface area contributed by atoms with Gasteiger partial charge in [-0.05, 0) is 49.8 Å². The highest BCUT2D eigenvalue weighted by Crippen LogP contribution is 2.23. The first kappa shape index (κ1) is 16.9. The molecule has 1 aromatic carbocycles. The van der Waals surface area contributed by atoms with Crippen molar-refractivity contribution in [2.45, 2.75) is 20.4 Å². The van der Waals surface area contributed by atoms with Crippen LogP contribution in [0.2, 0.25) is 0 Å². The highest BCUT2D eigenvalue weighted by Gasteiger charge is 2.12. The molecular weight excluding hydrogens is 319 g/mol. The number of H-pyrrole nitrogens is 1. The lowest BCUT2D eigenvalue weighted by atomic mass is 10.1. The molecule has 0 bridgehead atoms. The third-order valence-corrected chi connectivity index (χ3v) is 4.25. The minimum Gasteiger partial charge on any atom is -0.383 e. The minimum atomic E-state index is -0.341. The van der Waals surface area contributed by atoms with Crippen LogP contribution in [0.25, 0.3) is 22.7 Å². The molecule has 6 heteroatoms. The van der Waals surface area contributed by atoms with Gasteiger partial charge in [0, 0.05) is 25.0 Å². The number of halogens is 1. The molecule has 3 aromatic rings. The highest BCUT2D eigenvalue weighted by molar-refractivity contribution is 5.90. The Morgan fingerprint density at radius 3 is 2.92 bits per heavy atom. The van der Waals surface area contributed by atoms with Crippen LogP contribution >= 0.6 is 0 Å². The van der Waals surface area contributed by atoms with Crippen molar-refractivity contribution in [2.24, 2.45) is 0 Å². The molecule has 0 fully saturated rings. The summed E-state index contributed by atoms with van der Waals surface area (Å²) < 4.78 is 20.6. The molecule has 128 valence electrons. The summed E-state index contributed by atoms with van der Waals surface area (Å²) in [5, 5.41) is 9.55. The molecule has 1 N–H and O–H groups in total. The Kier molecular flexibility index (Phi) is 4.68. The summed E-state index contributed by atoms with van der Waals surface area (Å²) in [5.74, 6) is 0.0941. The second-order valence-electron chi connectivity index (χ2n) is 5.89. The summed E-state index contributed by atoms with van der Waals surface area (Å²) in [6.07, 6.45) is 1.81. The number of imidazole rings is 1. The number of nitrogens with one attached hydrogen (secondary N) is 1. The topological polar surface area (TPSA) is 66.6 Å². The van der Waals surface area contributed by atoms with Gasteiger partial charge in [-0.15, -0.1) is 0 Å². The van der Waals surface area contributed by atoms with E-state index in [0.29, 0.717) is 29.0 Å². The fraction of sp³-hybridized carbons (Fsp3) is 0.263. The lowest BCUT2D eigenvalue weighted by Crippen LogP contribution is -2.07. The van der Waals surface area contributed by atoms with Crippen LogP contribution in [0.1, 0.15) is 22.8 Å². The smallest absolute Gasteiger partial charge is 0.149 e. The van der Waals surface area contributed by atoms with E-state index in [1.54, 1.807) is 19.3 Å². The Morgan fingerprint density at radius 1 is 1.40 bits per heavy atom. The van der Waals surface area contributed by atoms with Gasteiger partial charge in [0.1, 0.15) is 17.7 Å². The second kappa shape index (κ2) is 6.91. The van der Waals surface area contributed by atoms with Gasteiger partial charge in [0.25, 0.3) is 0 Å². The van der Waals surface area contributed by atoms with Crippen molar-refractivity contribution in [2.75, 3.05) is 13.7 Å². The molecule has 0 atom stereocenters. The van der Waals surface area contributed by atoms with Crippen LogP contribution < -0.4 is 0 Å². The van der Waals surface area contributed by atoms with Gasteiger partial charge in [0.05, 0.1) is 23.2 Å². The summed E-state index contributed by atoms with van der Waals surface area (Å²) in [6.45, 7) is 5.42. The second-order valence-corrected chi connectivity index (χ2v) is 5.89. The Labute approximate surface area is 145 Å². The first-order chi connectivity index (χ1) is 12.0. The van der Waals surface area contributed by atoms with Gasteiger partial charge in [-0.3, -0.25) is 0 Å². The molecule has 0 unspecified atom stereocenters. The number of methoxy groups -OCH3 is 1. The molecule has 0 aliphatic heterocycles. The molecule has 25 heavy (non-hydrogen) atoms. The lowest BCUT2D eigenvalue weighted by molar-refractivity contribution is 0.186. The van der Waals surface area contributed by atoms with Gasteiger partial charge < -0.3 is 14.3 Å². The normalized spacial score (nSPS) is 11.9. The monoisotopic (exact) mass is 338 g/mol. The molecule has 3 rings (SSSR count). The SMILES string of the molecule is COCCn1c(C)cc(/C=C(/C#N)c2nc3ccc(F)cc3[nH]2)c1C. The highest BCUT2D eigenvalue weighted by atomic mass is 19.1. The number of hydrogen-bond donors (Lipinski definition) is 1. The first-order valence-corrected chi connectivity index (χ1v) is 7.96. The number of fused-ring (bicyclic) bond motifs is 1. The van der Waals surface area contributed by atoms with Crippen LogP contribution in [-0.2, 0) is 11.3 Å². The summed E-state index contributed by atoms with van der Waals surface area (Å²) in [4.78, 5) is 7.40. The van der Waals surface area contributed by atoms with E-state index in [1.165, 1.54) is 12.1 Å². The molecule has 2 heterocycles. The molecule has 0 spiro atoms. The molecule has 0 radical (unpaired) electrons. The largest absolute Gasteiger partial charge is 0.383 e. The van der Waals surface area contributed by atoms with Crippen molar-refractivity contribution in [3.63, 3.8) is 0 Å². The zero-order chi connectivity index (χ0) is 18.0. The molecular formula is C19H19FN4O. The Hall–Kier alpha value is -2.91. The third kappa shape index (κ3) is 3.32.